The van der Waals surface area contributed by atoms with E-state index in [1.54, 1.807) is 12.1 Å². The van der Waals surface area contributed by atoms with Crippen LogP contribution in [0.25, 0.3) is 21.5 Å². The molecule has 0 aliphatic rings. The number of carbonyl (C=O) groups is 2. The largest absolute Gasteiger partial charge is 0.337 e. The highest BCUT2D eigenvalue weighted by atomic mass is 35.5. The molecule has 0 bridgehead atoms. The number of hydrogen-bond acceptors (Lipinski definition) is 6. The van der Waals surface area contributed by atoms with E-state index in [-0.39, 0.29) is 10.8 Å². The Hall–Kier alpha value is -3.47. The molecular formula is C25H23ClN4O4S2. The first kappa shape index (κ1) is 25.6. The molecule has 2 heterocycles. The van der Waals surface area contributed by atoms with Gasteiger partial charge in [0.15, 0.2) is 0 Å². The lowest BCUT2D eigenvalue weighted by Crippen LogP contribution is -2.39. The third kappa shape index (κ3) is 6.01. The predicted molar refractivity (Wildman–Crippen MR) is 143 cm³/mol. The van der Waals surface area contributed by atoms with Gasteiger partial charge < -0.3 is 10.6 Å². The van der Waals surface area contributed by atoms with Crippen molar-refractivity contribution in [2.45, 2.75) is 24.7 Å². The van der Waals surface area contributed by atoms with Crippen molar-refractivity contribution in [1.29, 1.82) is 0 Å². The van der Waals surface area contributed by atoms with Gasteiger partial charge in [-0.3, -0.25) is 4.79 Å². The van der Waals surface area contributed by atoms with Crippen LogP contribution >= 0.6 is 22.9 Å². The van der Waals surface area contributed by atoms with Gasteiger partial charge >= 0.3 is 6.03 Å². The number of pyridine rings is 1. The summed E-state index contributed by atoms with van der Waals surface area (Å²) in [4.78, 5) is 30.5. The lowest BCUT2D eigenvalue weighted by atomic mass is 10.1. The smallest absolute Gasteiger partial charge is 0.328 e. The number of benzene rings is 2. The average molecular weight is 543 g/mol. The zero-order valence-electron chi connectivity index (χ0n) is 19.2. The van der Waals surface area contributed by atoms with Gasteiger partial charge in [0.1, 0.15) is 0 Å². The van der Waals surface area contributed by atoms with E-state index in [1.165, 1.54) is 35.6 Å². The summed E-state index contributed by atoms with van der Waals surface area (Å²) in [5.74, 6) is -0.374. The van der Waals surface area contributed by atoms with Crippen molar-refractivity contribution in [3.05, 3.63) is 76.6 Å². The van der Waals surface area contributed by atoms with Crippen LogP contribution in [-0.2, 0) is 10.0 Å². The second-order valence-corrected chi connectivity index (χ2v) is 11.3. The summed E-state index contributed by atoms with van der Waals surface area (Å²) in [7, 11) is -4.05. The number of nitrogens with one attached hydrogen (secondary N) is 3. The van der Waals surface area contributed by atoms with Crippen molar-refractivity contribution in [2.75, 3.05) is 11.9 Å². The van der Waals surface area contributed by atoms with Crippen LogP contribution in [-0.4, -0.2) is 31.9 Å². The van der Waals surface area contributed by atoms with Crippen LogP contribution in [0.2, 0.25) is 4.34 Å². The molecule has 4 aromatic rings. The summed E-state index contributed by atoms with van der Waals surface area (Å²) in [6.45, 7) is 2.35. The number of urea groups is 1. The van der Waals surface area contributed by atoms with Gasteiger partial charge in [0, 0.05) is 17.6 Å². The van der Waals surface area contributed by atoms with E-state index in [2.05, 4.69) is 15.6 Å². The molecule has 36 heavy (non-hydrogen) atoms. The first-order valence-corrected chi connectivity index (χ1v) is 13.8. The molecule has 0 aliphatic heterocycles. The highest BCUT2D eigenvalue weighted by Gasteiger charge is 2.18. The normalized spacial score (nSPS) is 11.3. The summed E-state index contributed by atoms with van der Waals surface area (Å²) in [5, 5.41) is 5.98. The molecule has 0 aliphatic carbocycles. The number of thiophene rings is 1. The predicted octanol–water partition coefficient (Wildman–Crippen LogP) is 5.66. The topological polar surface area (TPSA) is 117 Å². The van der Waals surface area contributed by atoms with Crippen LogP contribution in [0.5, 0.6) is 0 Å². The van der Waals surface area contributed by atoms with E-state index in [4.69, 9.17) is 11.6 Å². The van der Waals surface area contributed by atoms with E-state index < -0.39 is 16.1 Å². The Morgan fingerprint density at radius 1 is 1.03 bits per heavy atom. The third-order valence-corrected chi connectivity index (χ3v) is 7.85. The van der Waals surface area contributed by atoms with Crippen LogP contribution < -0.4 is 15.4 Å². The van der Waals surface area contributed by atoms with E-state index in [0.717, 1.165) is 17.7 Å². The van der Waals surface area contributed by atoms with Gasteiger partial charge in [-0.25, -0.2) is 22.9 Å². The van der Waals surface area contributed by atoms with Gasteiger partial charge in [0.05, 0.1) is 30.9 Å². The fraction of sp³-hybridized carbons (Fsp3) is 0.160. The van der Waals surface area contributed by atoms with Crippen molar-refractivity contribution in [3.8, 4) is 10.6 Å². The maximum atomic E-state index is 13.2. The molecule has 0 saturated carbocycles. The summed E-state index contributed by atoms with van der Waals surface area (Å²) < 4.78 is 27.6. The zero-order chi connectivity index (χ0) is 25.7. The maximum Gasteiger partial charge on any atom is 0.328 e. The Morgan fingerprint density at radius 2 is 1.78 bits per heavy atom. The Kier molecular flexibility index (Phi) is 7.88. The van der Waals surface area contributed by atoms with E-state index >= 15 is 0 Å². The first-order valence-electron chi connectivity index (χ1n) is 11.1. The van der Waals surface area contributed by atoms with Gasteiger partial charge in [0.2, 0.25) is 0 Å². The lowest BCUT2D eigenvalue weighted by molar-refractivity contribution is 0.102. The van der Waals surface area contributed by atoms with Crippen molar-refractivity contribution in [2.24, 2.45) is 0 Å². The van der Waals surface area contributed by atoms with Gasteiger partial charge in [0.25, 0.3) is 15.9 Å². The maximum absolute atomic E-state index is 13.2. The molecule has 2 aromatic carbocycles. The number of aromatic nitrogens is 1. The zero-order valence-corrected chi connectivity index (χ0v) is 21.6. The Balaban J connectivity index is 1.54. The monoisotopic (exact) mass is 542 g/mol. The van der Waals surface area contributed by atoms with Crippen molar-refractivity contribution in [3.63, 3.8) is 0 Å². The van der Waals surface area contributed by atoms with Crippen LogP contribution in [0, 0.1) is 0 Å². The number of sulfonamides is 1. The number of amides is 3. The second-order valence-electron chi connectivity index (χ2n) is 7.87. The number of unbranched alkanes of at least 4 members (excludes halogenated alkanes) is 1. The Bertz CT molecular complexity index is 1520. The minimum Gasteiger partial charge on any atom is -0.337 e. The number of hydrogen-bond donors (Lipinski definition) is 3. The summed E-state index contributed by atoms with van der Waals surface area (Å²) >= 11 is 7.45. The van der Waals surface area contributed by atoms with E-state index in [0.29, 0.717) is 38.7 Å². The van der Waals surface area contributed by atoms with Gasteiger partial charge in [-0.15, -0.1) is 11.3 Å². The Morgan fingerprint density at radius 3 is 2.47 bits per heavy atom. The van der Waals surface area contributed by atoms with Crippen molar-refractivity contribution in [1.82, 2.24) is 15.0 Å². The molecule has 0 spiro atoms. The molecule has 0 fully saturated rings. The number of anilines is 1. The summed E-state index contributed by atoms with van der Waals surface area (Å²) in [6.07, 6.45) is 1.62. The molecule has 0 unspecified atom stereocenters. The summed E-state index contributed by atoms with van der Waals surface area (Å²) in [6, 6.07) is 17.4. The van der Waals surface area contributed by atoms with E-state index in [1.807, 2.05) is 42.0 Å². The lowest BCUT2D eigenvalue weighted by Gasteiger charge is -2.11. The molecule has 186 valence electrons. The van der Waals surface area contributed by atoms with Crippen LogP contribution in [0.1, 0.15) is 30.1 Å². The molecule has 3 amide bonds. The number of carbonyl (C=O) groups excluding carboxylic acids is 2. The van der Waals surface area contributed by atoms with Gasteiger partial charge in [-0.05, 0) is 55.0 Å². The third-order valence-electron chi connectivity index (χ3n) is 5.25. The van der Waals surface area contributed by atoms with Gasteiger partial charge in [-0.2, -0.15) is 0 Å². The molecule has 8 nitrogen and oxygen atoms in total. The van der Waals surface area contributed by atoms with Crippen molar-refractivity contribution >= 4 is 61.5 Å². The number of fused-ring (bicyclic) bond motifs is 1. The number of halogens is 1. The van der Waals surface area contributed by atoms with Gasteiger partial charge in [-0.1, -0.05) is 43.1 Å². The first-order chi connectivity index (χ1) is 17.3. The highest BCUT2D eigenvalue weighted by Crippen LogP contribution is 2.32. The molecule has 3 N–H and O–H groups in total. The fourth-order valence-corrected chi connectivity index (χ4v) is 5.39. The highest BCUT2D eigenvalue weighted by molar-refractivity contribution is 7.90. The minimum absolute atomic E-state index is 0.0997. The SMILES string of the molecule is CCCCNC(=O)NS(=O)(=O)c1ccc(NC(=O)c2cc(-c3ccc(Cl)s3)nc3ccccc23)cc1. The molecule has 11 heteroatoms. The van der Waals surface area contributed by atoms with E-state index in [9.17, 15) is 18.0 Å². The second kappa shape index (κ2) is 11.1. The molecule has 0 radical (unpaired) electrons. The minimum atomic E-state index is -4.05. The molecule has 0 saturated heterocycles. The molecule has 0 atom stereocenters. The number of para-hydroxylation sites is 1. The molecule has 2 aromatic heterocycles. The van der Waals surface area contributed by atoms with Crippen LogP contribution in [0.4, 0.5) is 10.5 Å². The van der Waals surface area contributed by atoms with Crippen LogP contribution in [0.15, 0.2) is 71.6 Å². The summed E-state index contributed by atoms with van der Waals surface area (Å²) in [5.41, 5.74) is 2.10. The quantitative estimate of drug-likeness (QED) is 0.248. The Labute approximate surface area is 217 Å². The average Bonchev–Trinajstić information content (AvgIpc) is 3.30. The fourth-order valence-electron chi connectivity index (χ4n) is 3.45. The number of nitrogens with zero attached hydrogens (tertiary/aromatic N) is 1. The number of rotatable bonds is 8. The molecule has 4 rings (SSSR count). The molecular weight excluding hydrogens is 520 g/mol. The van der Waals surface area contributed by atoms with Crippen LogP contribution in [0.3, 0.4) is 0 Å². The standard InChI is InChI=1S/C25H23ClN4O4S2/c1-2-3-14-27-25(32)30-36(33,34)17-10-8-16(9-11-17)28-24(31)19-15-21(22-12-13-23(26)35-22)29-20-7-5-4-6-18(19)20/h4-13,15H,2-3,14H2,1H3,(H,28,31)(H2,27,30,32). The van der Waals surface area contributed by atoms with Crippen molar-refractivity contribution < 1.29 is 18.0 Å².